The highest BCUT2D eigenvalue weighted by Gasteiger charge is 2.62. The highest BCUT2D eigenvalue weighted by Crippen LogP contribution is 2.41. The minimum absolute atomic E-state index is 0.976. The maximum absolute atomic E-state index is 12.5. The molecule has 45 heteroatoms. The van der Waals surface area contributed by atoms with Crippen molar-refractivity contribution >= 4 is 0 Å². The molecule has 17 saturated heterocycles. The van der Waals surface area contributed by atoms with E-state index in [4.69, 9.17) is 85.3 Å². The lowest BCUT2D eigenvalue weighted by atomic mass is 9.94. The summed E-state index contributed by atoms with van der Waals surface area (Å²) in [6.07, 6.45) is -95.8. The molecule has 0 aromatic rings. The van der Waals surface area contributed by atoms with Crippen LogP contribution in [-0.4, -0.2) is 474 Å². The number of rotatable bonds is 13. The van der Waals surface area contributed by atoms with Crippen molar-refractivity contribution in [1.29, 1.82) is 0 Å². The molecule has 0 saturated carbocycles. The van der Waals surface area contributed by atoms with Crippen molar-refractivity contribution in [1.82, 2.24) is 0 Å². The molecule has 0 aromatic carbocycles. The van der Waals surface area contributed by atoms with Gasteiger partial charge in [-0.1, -0.05) is 0 Å². The molecular formula is C54H90O45. The SMILES string of the molecule is OC[C@H]1O[C@H](O)[C@H](O)[C@@H](O)[C@@H]1O[C@H]1O[C@H](CO)[C@@H](O[C@H]2[C@H]3O[C@H]4[C@@H](O)[C@H](O)[C@@H](O[C@H]5[C@H](O)[C@H](O)C(O[C@H]6[C@@H](O)[C@H](O)[C@@H](O[C@H]7[C@H](O)[C@@H](O)[C@@H](O[C@H]8[C@H](O)[C@@H](O)[C@@H](O[C@H]9[C@H](O)[C@@H](O)[C@@H](O[C@@H]([C@@H]2O)[C@@H](CO)O3)O[C@@H]9CO)O[C@@H]8CO)O[C@@H]7CO)O[C@@H]6CO)O[C@@H]5CO)O[C@@H]4CO)[C@H](O)[C@H]1O. The van der Waals surface area contributed by atoms with Crippen LogP contribution in [0, 0.1) is 0 Å². The fourth-order valence-corrected chi connectivity index (χ4v) is 13.5. The molecule has 17 aliphatic heterocycles. The van der Waals surface area contributed by atoms with Gasteiger partial charge in [-0.25, -0.2) is 0 Å². The van der Waals surface area contributed by atoms with Gasteiger partial charge in [0.05, 0.1) is 59.5 Å². The second-order valence-corrected chi connectivity index (χ2v) is 25.3. The molecule has 17 heterocycles. The first-order chi connectivity index (χ1) is 47.1. The van der Waals surface area contributed by atoms with E-state index in [-0.39, 0.29) is 0 Å². The van der Waals surface area contributed by atoms with E-state index in [9.17, 15) is 138 Å². The average molecular weight is 1460 g/mol. The Morgan fingerprint density at radius 1 is 0.172 bits per heavy atom. The Morgan fingerprint density at radius 3 is 0.667 bits per heavy atom. The molecule has 45 nitrogen and oxygen atoms in total. The van der Waals surface area contributed by atoms with Crippen LogP contribution in [0.25, 0.3) is 0 Å². The molecule has 99 heavy (non-hydrogen) atoms. The smallest absolute Gasteiger partial charge is 0.187 e. The third-order valence-electron chi connectivity index (χ3n) is 19.0. The second kappa shape index (κ2) is 34.0. The molecule has 14 bridgehead atoms. The first kappa shape index (κ1) is 79.8. The Kier molecular flexibility index (Phi) is 27.4. The van der Waals surface area contributed by atoms with Gasteiger partial charge >= 0.3 is 0 Å². The van der Waals surface area contributed by atoms with Gasteiger partial charge in [0.25, 0.3) is 0 Å². The molecular weight excluding hydrogens is 1370 g/mol. The summed E-state index contributed by atoms with van der Waals surface area (Å²) < 4.78 is 104. The number of aliphatic hydroxyl groups excluding tert-OH is 27. The van der Waals surface area contributed by atoms with Crippen LogP contribution in [0.2, 0.25) is 0 Å². The number of fused-ring (bicyclic) bond motifs is 7. The van der Waals surface area contributed by atoms with Crippen LogP contribution in [-0.2, 0) is 85.3 Å². The predicted molar refractivity (Wildman–Crippen MR) is 294 cm³/mol. The molecule has 17 fully saturated rings. The number of ether oxygens (including phenoxy) is 18. The Labute approximate surface area is 558 Å². The molecule has 576 valence electrons. The van der Waals surface area contributed by atoms with E-state index in [1.807, 2.05) is 0 Å². The monoisotopic (exact) mass is 1460 g/mol. The molecule has 0 spiro atoms. The van der Waals surface area contributed by atoms with Crippen LogP contribution in [0.1, 0.15) is 0 Å². The van der Waals surface area contributed by atoms with Crippen LogP contribution >= 0.6 is 0 Å². The Hall–Kier alpha value is -1.80. The minimum Gasteiger partial charge on any atom is -0.394 e. The molecule has 0 aliphatic carbocycles. The minimum atomic E-state index is -2.46. The summed E-state index contributed by atoms with van der Waals surface area (Å²) in [6.45, 7) is -10.3. The van der Waals surface area contributed by atoms with Gasteiger partial charge in [0.15, 0.2) is 56.6 Å². The van der Waals surface area contributed by atoms with Crippen molar-refractivity contribution in [2.45, 2.75) is 276 Å². The van der Waals surface area contributed by atoms with Gasteiger partial charge in [0, 0.05) is 0 Å². The first-order valence-corrected chi connectivity index (χ1v) is 31.7. The maximum atomic E-state index is 12.5. The zero-order valence-electron chi connectivity index (χ0n) is 51.8. The van der Waals surface area contributed by atoms with Crippen LogP contribution in [0.3, 0.4) is 0 Å². The number of aliphatic hydroxyl groups is 27. The quantitative estimate of drug-likeness (QED) is 0.0814. The van der Waals surface area contributed by atoms with Crippen LogP contribution in [0.15, 0.2) is 0 Å². The third kappa shape index (κ3) is 15.8. The van der Waals surface area contributed by atoms with Crippen LogP contribution in [0.4, 0.5) is 0 Å². The van der Waals surface area contributed by atoms with E-state index in [1.165, 1.54) is 0 Å². The highest BCUT2D eigenvalue weighted by molar-refractivity contribution is 5.04. The molecule has 1 unspecified atom stereocenters. The van der Waals surface area contributed by atoms with E-state index in [0.717, 1.165) is 0 Å². The molecule has 17 aliphatic rings. The van der Waals surface area contributed by atoms with E-state index in [2.05, 4.69) is 0 Å². The largest absolute Gasteiger partial charge is 0.394 e. The lowest BCUT2D eigenvalue weighted by molar-refractivity contribution is -0.406. The Morgan fingerprint density at radius 2 is 0.394 bits per heavy atom. The summed E-state index contributed by atoms with van der Waals surface area (Å²) in [4.78, 5) is 0. The summed E-state index contributed by atoms with van der Waals surface area (Å²) in [6, 6.07) is 0. The maximum Gasteiger partial charge on any atom is 0.187 e. The zero-order chi connectivity index (χ0) is 72.1. The van der Waals surface area contributed by atoms with Gasteiger partial charge < -0.3 is 223 Å². The topological polar surface area (TPSA) is 712 Å². The summed E-state index contributed by atoms with van der Waals surface area (Å²) in [5.74, 6) is 0. The lowest BCUT2D eigenvalue weighted by Crippen LogP contribution is -2.70. The Bertz CT molecular complexity index is 2460. The normalized spacial score (nSPS) is 55.1. The summed E-state index contributed by atoms with van der Waals surface area (Å²) in [5, 5.41) is 301. The molecule has 0 radical (unpaired) electrons. The molecule has 0 amide bonds. The number of hydrogen-bond acceptors (Lipinski definition) is 45. The van der Waals surface area contributed by atoms with Gasteiger partial charge in [-0.15, -0.1) is 0 Å². The molecule has 0 aromatic heterocycles. The van der Waals surface area contributed by atoms with Crippen molar-refractivity contribution in [3.8, 4) is 0 Å². The van der Waals surface area contributed by atoms with Gasteiger partial charge in [0.1, 0.15) is 220 Å². The molecule has 45 atom stereocenters. The van der Waals surface area contributed by atoms with E-state index < -0.39 is 336 Å². The average Bonchev–Trinajstić information content (AvgIpc) is 0.774. The van der Waals surface area contributed by atoms with E-state index >= 15 is 0 Å². The van der Waals surface area contributed by atoms with Gasteiger partial charge in [-0.3, -0.25) is 0 Å². The van der Waals surface area contributed by atoms with E-state index in [1.54, 1.807) is 0 Å². The van der Waals surface area contributed by atoms with Gasteiger partial charge in [-0.05, 0) is 0 Å². The highest BCUT2D eigenvalue weighted by atomic mass is 16.8. The van der Waals surface area contributed by atoms with Crippen molar-refractivity contribution in [2.24, 2.45) is 0 Å². The molecule has 27 N–H and O–H groups in total. The van der Waals surface area contributed by atoms with Crippen LogP contribution in [0.5, 0.6) is 0 Å². The third-order valence-corrected chi connectivity index (χ3v) is 19.0. The van der Waals surface area contributed by atoms with Crippen LogP contribution < -0.4 is 0 Å². The van der Waals surface area contributed by atoms with Crippen molar-refractivity contribution in [2.75, 3.05) is 59.5 Å². The molecule has 17 rings (SSSR count). The number of hydrogen-bond donors (Lipinski definition) is 27. The standard InChI is InChI=1S/C54H90O45/c55-1-10-37(19(64)27(72)46(81)82-10)92-47-28(73)20(65)36(11(2-56)83-47)91-45-35(80)44-18(9-63)90-54(45)99-43-17(8-62)89-52(34(79)26(43)71)97-41-15(6-60)87-50(32(77)24(41)69)95-39-13(4-58)85-48(30(75)22(39)67)93-38-12(3-57)84-49(29(74)21(38)66)94-40-14(5-59)86-51(31(76)23(40)68)96-42-16(7-61)88-53(98-44)33(78)25(42)70/h10-81H,1-9H2/t10-,11-,12-,13-,14-,15-,16-,17-,18-,19-,20-,21-,22+,23-,24-,25-,26+,27-,28-,29-,30+,31-,32+,33-,34+,35+,36-,37-,38-,39-,40-,41-,42-,43-,44-,45-,46+,47-,48-,49-,50?,51-,52-,53-,54-/m1/s1. The van der Waals surface area contributed by atoms with Crippen molar-refractivity contribution < 1.29 is 223 Å². The Balaban J connectivity index is 0.968. The first-order valence-electron chi connectivity index (χ1n) is 31.7. The van der Waals surface area contributed by atoms with Crippen molar-refractivity contribution in [3.05, 3.63) is 0 Å². The fourth-order valence-electron chi connectivity index (χ4n) is 13.5. The second-order valence-electron chi connectivity index (χ2n) is 25.3. The summed E-state index contributed by atoms with van der Waals surface area (Å²) >= 11 is 0. The summed E-state index contributed by atoms with van der Waals surface area (Å²) in [7, 11) is 0. The predicted octanol–water partition coefficient (Wildman–Crippen LogP) is -19.6. The van der Waals surface area contributed by atoms with Crippen molar-refractivity contribution in [3.63, 3.8) is 0 Å². The lowest BCUT2D eigenvalue weighted by Gasteiger charge is -2.51. The van der Waals surface area contributed by atoms with Gasteiger partial charge in [0.2, 0.25) is 0 Å². The van der Waals surface area contributed by atoms with E-state index in [0.29, 0.717) is 0 Å². The fraction of sp³-hybridized carbons (Fsp3) is 1.00. The van der Waals surface area contributed by atoms with Gasteiger partial charge in [-0.2, -0.15) is 0 Å². The zero-order valence-corrected chi connectivity index (χ0v) is 51.8. The summed E-state index contributed by atoms with van der Waals surface area (Å²) in [5.41, 5.74) is 0.